The second-order valence-corrected chi connectivity index (χ2v) is 10.5. The molecule has 228 valence electrons. The highest BCUT2D eigenvalue weighted by atomic mass is 32.2. The number of nitrogens with one attached hydrogen (secondary N) is 6. The van der Waals surface area contributed by atoms with Gasteiger partial charge in [0.2, 0.25) is 29.5 Å². The average Bonchev–Trinajstić information content (AvgIpc) is 2.84. The predicted octanol–water partition coefficient (Wildman–Crippen LogP) is -3.09. The Labute approximate surface area is 237 Å². The van der Waals surface area contributed by atoms with Gasteiger partial charge in [-0.1, -0.05) is 13.8 Å². The van der Waals surface area contributed by atoms with E-state index < -0.39 is 78.1 Å². The molecule has 16 nitrogen and oxygen atoms in total. The molecular formula is C23H43N9O7S. The second kappa shape index (κ2) is 18.6. The number of hydrogen-bond donors (Lipinski definition) is 10. The van der Waals surface area contributed by atoms with Gasteiger partial charge >= 0.3 is 5.97 Å². The highest BCUT2D eigenvalue weighted by Crippen LogP contribution is 2.07. The molecule has 0 aliphatic heterocycles. The van der Waals surface area contributed by atoms with Crippen LogP contribution in [-0.2, 0) is 28.8 Å². The molecule has 0 aromatic rings. The largest absolute Gasteiger partial charge is 0.480 e. The lowest BCUT2D eigenvalue weighted by atomic mass is 10.0. The van der Waals surface area contributed by atoms with E-state index in [-0.39, 0.29) is 25.3 Å². The Hall–Kier alpha value is -3.60. The van der Waals surface area contributed by atoms with Gasteiger partial charge in [0.15, 0.2) is 5.96 Å². The number of hydrogen-bond acceptors (Lipinski definition) is 9. The highest BCUT2D eigenvalue weighted by molar-refractivity contribution is 7.98. The fourth-order valence-corrected chi connectivity index (χ4v) is 3.80. The van der Waals surface area contributed by atoms with E-state index in [9.17, 15) is 33.9 Å². The number of thioether (sulfide) groups is 1. The Morgan fingerprint density at radius 2 is 1.32 bits per heavy atom. The van der Waals surface area contributed by atoms with Gasteiger partial charge in [-0.05, 0) is 44.1 Å². The first-order valence-corrected chi connectivity index (χ1v) is 14.0. The number of nitrogens with two attached hydrogens (primary N) is 3. The monoisotopic (exact) mass is 589 g/mol. The lowest BCUT2D eigenvalue weighted by Crippen LogP contribution is -2.59. The molecule has 0 aromatic heterocycles. The third-order valence-corrected chi connectivity index (χ3v) is 6.19. The van der Waals surface area contributed by atoms with Crippen molar-refractivity contribution in [3.8, 4) is 0 Å². The van der Waals surface area contributed by atoms with E-state index in [2.05, 4.69) is 26.6 Å². The molecule has 40 heavy (non-hydrogen) atoms. The SMILES string of the molecule is CSCC[C@H](NC(=O)[C@H](CCCNC(=N)N)NC(=O)[C@H](C)N)C(=O)N[C@@H](CC(N)=O)C(=O)N[C@H](C(=O)O)C(C)C. The van der Waals surface area contributed by atoms with Gasteiger partial charge in [-0.2, -0.15) is 11.8 Å². The molecule has 5 amide bonds. The molecule has 0 heterocycles. The van der Waals surface area contributed by atoms with Gasteiger partial charge in [-0.15, -0.1) is 0 Å². The molecule has 0 aliphatic carbocycles. The lowest BCUT2D eigenvalue weighted by molar-refractivity contribution is -0.143. The number of rotatable bonds is 19. The Morgan fingerprint density at radius 1 is 0.825 bits per heavy atom. The molecule has 0 aliphatic rings. The molecule has 0 bridgehead atoms. The Kier molecular flexibility index (Phi) is 17.0. The van der Waals surface area contributed by atoms with Crippen molar-refractivity contribution in [2.45, 2.75) is 76.7 Å². The third-order valence-electron chi connectivity index (χ3n) is 5.54. The molecule has 0 spiro atoms. The van der Waals surface area contributed by atoms with Crippen molar-refractivity contribution in [1.29, 1.82) is 5.41 Å². The van der Waals surface area contributed by atoms with Crippen molar-refractivity contribution in [1.82, 2.24) is 26.6 Å². The topological polar surface area (TPSA) is 285 Å². The van der Waals surface area contributed by atoms with Crippen molar-refractivity contribution in [3.63, 3.8) is 0 Å². The average molecular weight is 590 g/mol. The van der Waals surface area contributed by atoms with E-state index in [4.69, 9.17) is 22.6 Å². The maximum Gasteiger partial charge on any atom is 0.326 e. The summed E-state index contributed by atoms with van der Waals surface area (Å²) >= 11 is 1.39. The van der Waals surface area contributed by atoms with Gasteiger partial charge in [-0.25, -0.2) is 4.79 Å². The smallest absolute Gasteiger partial charge is 0.326 e. The van der Waals surface area contributed by atoms with Gasteiger partial charge in [0.1, 0.15) is 24.2 Å². The van der Waals surface area contributed by atoms with E-state index in [0.29, 0.717) is 12.2 Å². The molecule has 0 radical (unpaired) electrons. The van der Waals surface area contributed by atoms with Crippen molar-refractivity contribution < 1.29 is 33.9 Å². The summed E-state index contributed by atoms with van der Waals surface area (Å²) in [5.74, 6) is -5.56. The van der Waals surface area contributed by atoms with Crippen LogP contribution in [0, 0.1) is 11.3 Å². The first kappa shape index (κ1) is 36.4. The van der Waals surface area contributed by atoms with Crippen LogP contribution in [-0.4, -0.2) is 95.3 Å². The Bertz CT molecular complexity index is 917. The quantitative estimate of drug-likeness (QED) is 0.0409. The summed E-state index contributed by atoms with van der Waals surface area (Å²) in [6.07, 6.45) is 1.76. The summed E-state index contributed by atoms with van der Waals surface area (Å²) < 4.78 is 0. The van der Waals surface area contributed by atoms with E-state index in [0.717, 1.165) is 0 Å². The number of carboxylic acids is 1. The molecule has 0 rings (SSSR count). The molecule has 0 unspecified atom stereocenters. The summed E-state index contributed by atoms with van der Waals surface area (Å²) in [7, 11) is 0. The van der Waals surface area contributed by atoms with Crippen LogP contribution in [0.4, 0.5) is 0 Å². The van der Waals surface area contributed by atoms with Crippen LogP contribution in [0.15, 0.2) is 0 Å². The summed E-state index contributed by atoms with van der Waals surface area (Å²) in [6.45, 7) is 4.84. The van der Waals surface area contributed by atoms with Gasteiger partial charge in [-0.3, -0.25) is 29.4 Å². The molecule has 0 fully saturated rings. The predicted molar refractivity (Wildman–Crippen MR) is 150 cm³/mol. The van der Waals surface area contributed by atoms with E-state index in [1.54, 1.807) is 20.1 Å². The number of carbonyl (C=O) groups is 6. The fourth-order valence-electron chi connectivity index (χ4n) is 3.33. The maximum absolute atomic E-state index is 13.2. The number of guanidine groups is 1. The van der Waals surface area contributed by atoms with Crippen molar-refractivity contribution >= 4 is 53.2 Å². The standard InChI is InChI=1S/C23H43N9O7S/c1-11(2)17(22(38)39)32-21(37)15(10-16(25)33)31-20(36)14(7-9-40-4)30-19(35)13(29-18(34)12(3)24)6-5-8-28-23(26)27/h11-15,17H,5-10,24H2,1-4H3,(H2,25,33)(H,29,34)(H,30,35)(H,31,36)(H,32,37)(H,38,39)(H4,26,27,28)/t12-,13-,14-,15-,17-/m0/s1. The van der Waals surface area contributed by atoms with Crippen molar-refractivity contribution in [2.75, 3.05) is 18.6 Å². The minimum absolute atomic E-state index is 0.125. The molecule has 17 heteroatoms. The van der Waals surface area contributed by atoms with Crippen LogP contribution in [0.25, 0.3) is 0 Å². The first-order chi connectivity index (χ1) is 18.6. The van der Waals surface area contributed by atoms with Crippen LogP contribution >= 0.6 is 11.8 Å². The minimum Gasteiger partial charge on any atom is -0.480 e. The van der Waals surface area contributed by atoms with Crippen LogP contribution in [0.3, 0.4) is 0 Å². The van der Waals surface area contributed by atoms with Gasteiger partial charge < -0.3 is 48.9 Å². The number of amides is 5. The zero-order chi connectivity index (χ0) is 31.0. The fraction of sp³-hybridized carbons (Fsp3) is 0.696. The second-order valence-electron chi connectivity index (χ2n) is 9.48. The van der Waals surface area contributed by atoms with Gasteiger partial charge in [0.25, 0.3) is 0 Å². The van der Waals surface area contributed by atoms with Crippen LogP contribution < -0.4 is 43.8 Å². The van der Waals surface area contributed by atoms with Crippen molar-refractivity contribution in [2.24, 2.45) is 23.1 Å². The Morgan fingerprint density at radius 3 is 1.77 bits per heavy atom. The van der Waals surface area contributed by atoms with Crippen LogP contribution in [0.2, 0.25) is 0 Å². The highest BCUT2D eigenvalue weighted by Gasteiger charge is 2.32. The number of aliphatic carboxylic acids is 1. The first-order valence-electron chi connectivity index (χ1n) is 12.7. The number of carbonyl (C=O) groups excluding carboxylic acids is 5. The summed E-state index contributed by atoms with van der Waals surface area (Å²) in [4.78, 5) is 74.4. The van der Waals surface area contributed by atoms with Gasteiger partial charge in [0.05, 0.1) is 12.5 Å². The lowest BCUT2D eigenvalue weighted by Gasteiger charge is -2.26. The normalized spacial score (nSPS) is 14.6. The number of carboxylic acid groups (broad SMARTS) is 1. The molecule has 13 N–H and O–H groups in total. The molecular weight excluding hydrogens is 546 g/mol. The molecule has 0 saturated carbocycles. The summed E-state index contributed by atoms with van der Waals surface area (Å²) in [5.41, 5.74) is 16.1. The van der Waals surface area contributed by atoms with Gasteiger partial charge in [0, 0.05) is 6.54 Å². The third kappa shape index (κ3) is 14.5. The number of primary amides is 1. The van der Waals surface area contributed by atoms with Crippen LogP contribution in [0.5, 0.6) is 0 Å². The van der Waals surface area contributed by atoms with E-state index in [1.165, 1.54) is 18.7 Å². The molecule has 0 saturated heterocycles. The van der Waals surface area contributed by atoms with E-state index in [1.807, 2.05) is 0 Å². The molecule has 0 aromatic carbocycles. The summed E-state index contributed by atoms with van der Waals surface area (Å²) in [5, 5.41) is 29.0. The molecule has 5 atom stereocenters. The van der Waals surface area contributed by atoms with E-state index >= 15 is 0 Å². The minimum atomic E-state index is -1.49. The zero-order valence-corrected chi connectivity index (χ0v) is 24.1. The van der Waals surface area contributed by atoms with Crippen molar-refractivity contribution in [3.05, 3.63) is 0 Å². The van der Waals surface area contributed by atoms with Crippen LogP contribution in [0.1, 0.15) is 46.5 Å². The maximum atomic E-state index is 13.2. The zero-order valence-electron chi connectivity index (χ0n) is 23.2. The Balaban J connectivity index is 5.78. The summed E-state index contributed by atoms with van der Waals surface area (Å²) in [6, 6.07) is -5.93.